The van der Waals surface area contributed by atoms with Gasteiger partial charge >= 0.3 is 0 Å². The monoisotopic (exact) mass is 310 g/mol. The fourth-order valence-corrected chi connectivity index (χ4v) is 2.63. The summed E-state index contributed by atoms with van der Waals surface area (Å²) in [6.07, 6.45) is 4.78. The van der Waals surface area contributed by atoms with Gasteiger partial charge < -0.3 is 10.2 Å². The number of halogens is 1. The number of benzene rings is 1. The molecule has 2 rings (SSSR count). The predicted octanol–water partition coefficient (Wildman–Crippen LogP) is 3.26. The summed E-state index contributed by atoms with van der Waals surface area (Å²) in [5, 5.41) is 3.19. The summed E-state index contributed by atoms with van der Waals surface area (Å²) in [7, 11) is 0. The van der Waals surface area contributed by atoms with Gasteiger partial charge in [0.25, 0.3) is 0 Å². The average molecular weight is 311 g/mol. The number of anilines is 1. The maximum absolute atomic E-state index is 12.1. The molecule has 1 heterocycles. The smallest absolute Gasteiger partial charge is 0.241 e. The SMILES string of the molecule is O=C(CNc1ccccc1Br)N1CCCCCC1. The molecule has 1 N–H and O–H groups in total. The summed E-state index contributed by atoms with van der Waals surface area (Å²) in [4.78, 5) is 14.1. The fraction of sp³-hybridized carbons (Fsp3) is 0.500. The Bertz CT molecular complexity index is 401. The quantitative estimate of drug-likeness (QED) is 0.929. The van der Waals surface area contributed by atoms with Crippen molar-refractivity contribution >= 4 is 27.5 Å². The van der Waals surface area contributed by atoms with E-state index < -0.39 is 0 Å². The molecule has 3 nitrogen and oxygen atoms in total. The van der Waals surface area contributed by atoms with E-state index in [1.165, 1.54) is 12.8 Å². The van der Waals surface area contributed by atoms with Crippen LogP contribution in [-0.2, 0) is 4.79 Å². The van der Waals surface area contributed by atoms with Gasteiger partial charge in [0.2, 0.25) is 5.91 Å². The third kappa shape index (κ3) is 3.73. The van der Waals surface area contributed by atoms with E-state index in [1.807, 2.05) is 29.2 Å². The Kier molecular flexibility index (Phi) is 5.05. The molecule has 0 spiro atoms. The van der Waals surface area contributed by atoms with Gasteiger partial charge in [0.05, 0.1) is 6.54 Å². The van der Waals surface area contributed by atoms with Crippen LogP contribution in [0.1, 0.15) is 25.7 Å². The standard InChI is InChI=1S/C14H19BrN2O/c15-12-7-3-4-8-13(12)16-11-14(18)17-9-5-1-2-6-10-17/h3-4,7-8,16H,1-2,5-6,9-11H2. The lowest BCUT2D eigenvalue weighted by Gasteiger charge is -2.20. The molecule has 1 saturated heterocycles. The Morgan fingerprint density at radius 1 is 1.17 bits per heavy atom. The zero-order chi connectivity index (χ0) is 12.8. The van der Waals surface area contributed by atoms with Gasteiger partial charge in [-0.05, 0) is 40.9 Å². The lowest BCUT2D eigenvalue weighted by atomic mass is 10.2. The van der Waals surface area contributed by atoms with E-state index in [0.717, 1.165) is 36.1 Å². The molecule has 0 unspecified atom stereocenters. The first-order valence-corrected chi connectivity index (χ1v) is 7.33. The number of nitrogens with one attached hydrogen (secondary N) is 1. The van der Waals surface area contributed by atoms with E-state index in [1.54, 1.807) is 0 Å². The molecule has 4 heteroatoms. The second kappa shape index (κ2) is 6.78. The van der Waals surface area contributed by atoms with E-state index in [-0.39, 0.29) is 5.91 Å². The van der Waals surface area contributed by atoms with Crippen LogP contribution < -0.4 is 5.32 Å². The lowest BCUT2D eigenvalue weighted by molar-refractivity contribution is -0.129. The van der Waals surface area contributed by atoms with Gasteiger partial charge in [0, 0.05) is 23.2 Å². The van der Waals surface area contributed by atoms with Gasteiger partial charge in [0.15, 0.2) is 0 Å². The van der Waals surface area contributed by atoms with Crippen LogP contribution in [0.25, 0.3) is 0 Å². The average Bonchev–Trinajstić information content (AvgIpc) is 2.66. The molecular weight excluding hydrogens is 292 g/mol. The van der Waals surface area contributed by atoms with E-state index >= 15 is 0 Å². The molecule has 0 aliphatic carbocycles. The van der Waals surface area contributed by atoms with E-state index in [2.05, 4.69) is 21.2 Å². The molecule has 1 amide bonds. The molecule has 1 aliphatic rings. The molecule has 98 valence electrons. The number of hydrogen-bond donors (Lipinski definition) is 1. The molecule has 1 aliphatic heterocycles. The first kappa shape index (κ1) is 13.4. The number of carbonyl (C=O) groups is 1. The number of para-hydroxylation sites is 1. The number of likely N-dealkylation sites (tertiary alicyclic amines) is 1. The Balaban J connectivity index is 1.86. The molecule has 1 fully saturated rings. The van der Waals surface area contributed by atoms with Crippen molar-refractivity contribution in [2.75, 3.05) is 25.0 Å². The minimum absolute atomic E-state index is 0.202. The summed E-state index contributed by atoms with van der Waals surface area (Å²) in [6.45, 7) is 2.20. The first-order chi connectivity index (χ1) is 8.77. The van der Waals surface area contributed by atoms with Crippen LogP contribution >= 0.6 is 15.9 Å². The molecule has 18 heavy (non-hydrogen) atoms. The number of nitrogens with zero attached hydrogens (tertiary/aromatic N) is 1. The highest BCUT2D eigenvalue weighted by atomic mass is 79.9. The molecule has 1 aromatic carbocycles. The number of rotatable bonds is 3. The van der Waals surface area contributed by atoms with Gasteiger partial charge in [-0.2, -0.15) is 0 Å². The third-order valence-electron chi connectivity index (χ3n) is 3.26. The second-order valence-corrected chi connectivity index (χ2v) is 5.48. The zero-order valence-electron chi connectivity index (χ0n) is 10.5. The summed E-state index contributed by atoms with van der Waals surface area (Å²) in [6, 6.07) is 7.87. The molecule has 0 radical (unpaired) electrons. The van der Waals surface area contributed by atoms with Crippen LogP contribution in [0.3, 0.4) is 0 Å². The summed E-state index contributed by atoms with van der Waals surface area (Å²) in [5.41, 5.74) is 0.973. The second-order valence-electron chi connectivity index (χ2n) is 4.63. The molecule has 0 aromatic heterocycles. The minimum atomic E-state index is 0.202. The fourth-order valence-electron chi connectivity index (χ4n) is 2.21. The van der Waals surface area contributed by atoms with Gasteiger partial charge in [-0.15, -0.1) is 0 Å². The van der Waals surface area contributed by atoms with Crippen LogP contribution in [-0.4, -0.2) is 30.4 Å². The maximum Gasteiger partial charge on any atom is 0.241 e. The number of carbonyl (C=O) groups excluding carboxylic acids is 1. The normalized spacial score (nSPS) is 16.2. The highest BCUT2D eigenvalue weighted by Gasteiger charge is 2.15. The van der Waals surface area contributed by atoms with Gasteiger partial charge in [-0.1, -0.05) is 25.0 Å². The lowest BCUT2D eigenvalue weighted by Crippen LogP contribution is -2.36. The highest BCUT2D eigenvalue weighted by Crippen LogP contribution is 2.21. The van der Waals surface area contributed by atoms with Crippen molar-refractivity contribution in [2.45, 2.75) is 25.7 Å². The van der Waals surface area contributed by atoms with Crippen LogP contribution in [0.5, 0.6) is 0 Å². The van der Waals surface area contributed by atoms with Crippen LogP contribution in [0.2, 0.25) is 0 Å². The molecule has 0 bridgehead atoms. The van der Waals surface area contributed by atoms with Gasteiger partial charge in [0.1, 0.15) is 0 Å². The molecule has 0 atom stereocenters. The summed E-state index contributed by atoms with van der Waals surface area (Å²) >= 11 is 3.47. The van der Waals surface area contributed by atoms with Crippen LogP contribution in [0, 0.1) is 0 Å². The maximum atomic E-state index is 12.1. The molecule has 1 aromatic rings. The van der Waals surface area contributed by atoms with Crippen LogP contribution in [0.4, 0.5) is 5.69 Å². The first-order valence-electron chi connectivity index (χ1n) is 6.53. The van der Waals surface area contributed by atoms with E-state index in [9.17, 15) is 4.79 Å². The van der Waals surface area contributed by atoms with Gasteiger partial charge in [-0.25, -0.2) is 0 Å². The largest absolute Gasteiger partial charge is 0.375 e. The van der Waals surface area contributed by atoms with Gasteiger partial charge in [-0.3, -0.25) is 4.79 Å². The number of amides is 1. The topological polar surface area (TPSA) is 32.3 Å². The van der Waals surface area contributed by atoms with E-state index in [0.29, 0.717) is 6.54 Å². The zero-order valence-corrected chi connectivity index (χ0v) is 12.1. The Hall–Kier alpha value is -1.03. The van der Waals surface area contributed by atoms with Crippen LogP contribution in [0.15, 0.2) is 28.7 Å². The molecular formula is C14H19BrN2O. The van der Waals surface area contributed by atoms with Crippen molar-refractivity contribution in [2.24, 2.45) is 0 Å². The molecule has 0 saturated carbocycles. The van der Waals surface area contributed by atoms with Crippen molar-refractivity contribution in [1.82, 2.24) is 4.90 Å². The predicted molar refractivity (Wildman–Crippen MR) is 77.7 cm³/mol. The highest BCUT2D eigenvalue weighted by molar-refractivity contribution is 9.10. The van der Waals surface area contributed by atoms with Crippen molar-refractivity contribution < 1.29 is 4.79 Å². The van der Waals surface area contributed by atoms with Crippen molar-refractivity contribution in [3.8, 4) is 0 Å². The number of hydrogen-bond acceptors (Lipinski definition) is 2. The van der Waals surface area contributed by atoms with Crippen molar-refractivity contribution in [1.29, 1.82) is 0 Å². The minimum Gasteiger partial charge on any atom is -0.375 e. The van der Waals surface area contributed by atoms with Crippen molar-refractivity contribution in [3.05, 3.63) is 28.7 Å². The third-order valence-corrected chi connectivity index (χ3v) is 3.95. The summed E-state index contributed by atoms with van der Waals surface area (Å²) < 4.78 is 0.994. The van der Waals surface area contributed by atoms with E-state index in [4.69, 9.17) is 0 Å². The summed E-state index contributed by atoms with van der Waals surface area (Å²) in [5.74, 6) is 0.202. The Labute approximate surface area is 117 Å². The Morgan fingerprint density at radius 2 is 1.83 bits per heavy atom. The van der Waals surface area contributed by atoms with Crippen molar-refractivity contribution in [3.63, 3.8) is 0 Å². The Morgan fingerprint density at radius 3 is 2.50 bits per heavy atom.